The van der Waals surface area contributed by atoms with Crippen molar-refractivity contribution in [2.45, 2.75) is 33.2 Å². The number of aromatic nitrogens is 2. The van der Waals surface area contributed by atoms with Crippen molar-refractivity contribution in [3.63, 3.8) is 0 Å². The zero-order chi connectivity index (χ0) is 17.0. The standard InChI is InChI=1S/C16H19N3O4/c1-4-10(2)19(9-14(20)21)16(22)13-7-5-12(6-8-13)15-18-17-11(3)23-15/h5-8,10H,4,9H2,1-3H3,(H,20,21). The Morgan fingerprint density at radius 1 is 1.26 bits per heavy atom. The van der Waals surface area contributed by atoms with Crippen molar-refractivity contribution in [3.05, 3.63) is 35.7 Å². The van der Waals surface area contributed by atoms with Gasteiger partial charge in [-0.2, -0.15) is 0 Å². The normalized spacial score (nSPS) is 12.0. The average molecular weight is 317 g/mol. The van der Waals surface area contributed by atoms with Gasteiger partial charge < -0.3 is 14.4 Å². The molecule has 122 valence electrons. The number of carbonyl (C=O) groups excluding carboxylic acids is 1. The maximum absolute atomic E-state index is 12.5. The molecule has 0 saturated heterocycles. The van der Waals surface area contributed by atoms with Crippen LogP contribution >= 0.6 is 0 Å². The van der Waals surface area contributed by atoms with Crippen LogP contribution < -0.4 is 0 Å². The SMILES string of the molecule is CCC(C)N(CC(=O)O)C(=O)c1ccc(-c2nnc(C)o2)cc1. The Labute approximate surface area is 133 Å². The number of carbonyl (C=O) groups is 2. The number of benzene rings is 1. The first kappa shape index (κ1) is 16.7. The van der Waals surface area contributed by atoms with Crippen LogP contribution in [0.4, 0.5) is 0 Å². The van der Waals surface area contributed by atoms with Crippen LogP contribution in [0, 0.1) is 6.92 Å². The summed E-state index contributed by atoms with van der Waals surface area (Å²) in [5.74, 6) is -0.498. The number of hydrogen-bond acceptors (Lipinski definition) is 5. The molecule has 7 nitrogen and oxygen atoms in total. The van der Waals surface area contributed by atoms with Crippen LogP contribution in [-0.2, 0) is 4.79 Å². The van der Waals surface area contributed by atoms with Gasteiger partial charge in [-0.3, -0.25) is 9.59 Å². The van der Waals surface area contributed by atoms with Gasteiger partial charge in [-0.25, -0.2) is 0 Å². The highest BCUT2D eigenvalue weighted by Crippen LogP contribution is 2.19. The molecule has 1 atom stereocenters. The average Bonchev–Trinajstić information content (AvgIpc) is 2.97. The summed E-state index contributed by atoms with van der Waals surface area (Å²) in [6.45, 7) is 5.12. The predicted molar refractivity (Wildman–Crippen MR) is 82.9 cm³/mol. The highest BCUT2D eigenvalue weighted by atomic mass is 16.4. The van der Waals surface area contributed by atoms with E-state index >= 15 is 0 Å². The maximum atomic E-state index is 12.5. The van der Waals surface area contributed by atoms with E-state index in [1.807, 2.05) is 13.8 Å². The minimum Gasteiger partial charge on any atom is -0.480 e. The summed E-state index contributed by atoms with van der Waals surface area (Å²) in [5.41, 5.74) is 1.13. The first-order valence-electron chi connectivity index (χ1n) is 7.35. The van der Waals surface area contributed by atoms with Gasteiger partial charge in [0, 0.05) is 24.1 Å². The number of carboxylic acids is 1. The fourth-order valence-corrected chi connectivity index (χ4v) is 2.13. The van der Waals surface area contributed by atoms with E-state index < -0.39 is 5.97 Å². The fraction of sp³-hybridized carbons (Fsp3) is 0.375. The number of hydrogen-bond donors (Lipinski definition) is 1. The van der Waals surface area contributed by atoms with Crippen molar-refractivity contribution in [2.75, 3.05) is 6.54 Å². The van der Waals surface area contributed by atoms with E-state index in [2.05, 4.69) is 10.2 Å². The van der Waals surface area contributed by atoms with Gasteiger partial charge in [0.25, 0.3) is 5.91 Å². The molecular weight excluding hydrogens is 298 g/mol. The van der Waals surface area contributed by atoms with Gasteiger partial charge in [0.1, 0.15) is 6.54 Å². The summed E-state index contributed by atoms with van der Waals surface area (Å²) in [4.78, 5) is 24.9. The summed E-state index contributed by atoms with van der Waals surface area (Å²) < 4.78 is 5.33. The van der Waals surface area contributed by atoms with Crippen LogP contribution in [0.3, 0.4) is 0 Å². The summed E-state index contributed by atoms with van der Waals surface area (Å²) in [5, 5.41) is 16.7. The van der Waals surface area contributed by atoms with Crippen LogP contribution in [0.25, 0.3) is 11.5 Å². The van der Waals surface area contributed by atoms with Gasteiger partial charge in [0.05, 0.1) is 0 Å². The van der Waals surface area contributed by atoms with Gasteiger partial charge in [0.2, 0.25) is 11.8 Å². The van der Waals surface area contributed by atoms with Crippen molar-refractivity contribution in [3.8, 4) is 11.5 Å². The van der Waals surface area contributed by atoms with Crippen molar-refractivity contribution in [1.29, 1.82) is 0 Å². The van der Waals surface area contributed by atoms with E-state index in [1.165, 1.54) is 4.90 Å². The third kappa shape index (κ3) is 3.94. The third-order valence-corrected chi connectivity index (χ3v) is 3.59. The van der Waals surface area contributed by atoms with Crippen molar-refractivity contribution in [2.24, 2.45) is 0 Å². The molecule has 1 unspecified atom stereocenters. The van der Waals surface area contributed by atoms with Crippen molar-refractivity contribution < 1.29 is 19.1 Å². The minimum atomic E-state index is -1.03. The lowest BCUT2D eigenvalue weighted by Gasteiger charge is -2.27. The molecule has 0 radical (unpaired) electrons. The lowest BCUT2D eigenvalue weighted by atomic mass is 10.1. The van der Waals surface area contributed by atoms with E-state index in [0.29, 0.717) is 29.3 Å². The number of aliphatic carboxylic acids is 1. The molecule has 0 fully saturated rings. The monoisotopic (exact) mass is 317 g/mol. The molecule has 0 aliphatic carbocycles. The van der Waals surface area contributed by atoms with Crippen LogP contribution in [0.2, 0.25) is 0 Å². The summed E-state index contributed by atoms with van der Waals surface area (Å²) in [7, 11) is 0. The van der Waals surface area contributed by atoms with Gasteiger partial charge in [0.15, 0.2) is 0 Å². The van der Waals surface area contributed by atoms with E-state index in [-0.39, 0.29) is 18.5 Å². The molecule has 1 aromatic heterocycles. The van der Waals surface area contributed by atoms with E-state index in [9.17, 15) is 9.59 Å². The second-order valence-electron chi connectivity index (χ2n) is 5.29. The summed E-state index contributed by atoms with van der Waals surface area (Å²) in [6.07, 6.45) is 0.679. The molecule has 2 aromatic rings. The molecule has 1 N–H and O–H groups in total. The molecule has 0 spiro atoms. The lowest BCUT2D eigenvalue weighted by molar-refractivity contribution is -0.138. The summed E-state index contributed by atoms with van der Waals surface area (Å²) in [6, 6.07) is 6.52. The second kappa shape index (κ2) is 7.04. The Morgan fingerprint density at radius 3 is 2.39 bits per heavy atom. The van der Waals surface area contributed by atoms with Gasteiger partial charge in [-0.1, -0.05) is 6.92 Å². The number of rotatable bonds is 6. The molecule has 0 bridgehead atoms. The fourth-order valence-electron chi connectivity index (χ4n) is 2.13. The number of nitrogens with zero attached hydrogens (tertiary/aromatic N) is 3. The van der Waals surface area contributed by atoms with Gasteiger partial charge >= 0.3 is 5.97 Å². The molecule has 7 heteroatoms. The number of amides is 1. The minimum absolute atomic E-state index is 0.156. The van der Waals surface area contributed by atoms with Crippen LogP contribution in [-0.4, -0.2) is 44.7 Å². The topological polar surface area (TPSA) is 96.5 Å². The van der Waals surface area contributed by atoms with E-state index in [1.54, 1.807) is 31.2 Å². The smallest absolute Gasteiger partial charge is 0.323 e. The molecule has 0 saturated carbocycles. The molecule has 0 aliphatic rings. The Morgan fingerprint density at radius 2 is 1.91 bits per heavy atom. The lowest BCUT2D eigenvalue weighted by Crippen LogP contribution is -2.41. The molecule has 0 aliphatic heterocycles. The predicted octanol–water partition coefficient (Wildman–Crippen LogP) is 2.37. The Hall–Kier alpha value is -2.70. The highest BCUT2D eigenvalue weighted by Gasteiger charge is 2.23. The molecule has 2 rings (SSSR count). The third-order valence-electron chi connectivity index (χ3n) is 3.59. The molecule has 1 heterocycles. The van der Waals surface area contributed by atoms with Crippen LogP contribution in [0.1, 0.15) is 36.5 Å². The molecule has 1 aromatic carbocycles. The van der Waals surface area contributed by atoms with Crippen molar-refractivity contribution >= 4 is 11.9 Å². The Kier molecular flexibility index (Phi) is 5.10. The number of carboxylic acid groups (broad SMARTS) is 1. The summed E-state index contributed by atoms with van der Waals surface area (Å²) >= 11 is 0. The Balaban J connectivity index is 2.22. The van der Waals surface area contributed by atoms with Gasteiger partial charge in [-0.05, 0) is 37.6 Å². The second-order valence-corrected chi connectivity index (χ2v) is 5.29. The maximum Gasteiger partial charge on any atom is 0.323 e. The van der Waals surface area contributed by atoms with E-state index in [0.717, 1.165) is 0 Å². The van der Waals surface area contributed by atoms with Gasteiger partial charge in [-0.15, -0.1) is 10.2 Å². The Bertz CT molecular complexity index is 694. The van der Waals surface area contributed by atoms with Crippen LogP contribution in [0.5, 0.6) is 0 Å². The largest absolute Gasteiger partial charge is 0.480 e. The zero-order valence-corrected chi connectivity index (χ0v) is 13.3. The zero-order valence-electron chi connectivity index (χ0n) is 13.3. The molecule has 23 heavy (non-hydrogen) atoms. The van der Waals surface area contributed by atoms with E-state index in [4.69, 9.17) is 9.52 Å². The molecular formula is C16H19N3O4. The quantitative estimate of drug-likeness (QED) is 0.878. The highest BCUT2D eigenvalue weighted by molar-refractivity contribution is 5.96. The molecule has 1 amide bonds. The number of aryl methyl sites for hydroxylation is 1. The van der Waals surface area contributed by atoms with Crippen molar-refractivity contribution in [1.82, 2.24) is 15.1 Å². The first-order chi connectivity index (χ1) is 10.9. The van der Waals surface area contributed by atoms with Crippen LogP contribution in [0.15, 0.2) is 28.7 Å². The first-order valence-corrected chi connectivity index (χ1v) is 7.35.